The normalized spacial score (nSPS) is 11.9. The van der Waals surface area contributed by atoms with E-state index in [1.807, 2.05) is 43.5 Å². The summed E-state index contributed by atoms with van der Waals surface area (Å²) in [4.78, 5) is 4.62. The van der Waals surface area contributed by atoms with E-state index < -0.39 is 0 Å². The molecule has 41 heavy (non-hydrogen) atoms. The third-order valence-electron chi connectivity index (χ3n) is 6.04. The summed E-state index contributed by atoms with van der Waals surface area (Å²) in [7, 11) is 1.50. The first-order chi connectivity index (χ1) is 19.7. The number of nitrogens with one attached hydrogen (secondary N) is 2. The molecule has 2 rings (SSSR count). The summed E-state index contributed by atoms with van der Waals surface area (Å²) in [5.41, 5.74) is 12.0. The molecule has 6 nitrogen and oxygen atoms in total. The van der Waals surface area contributed by atoms with Crippen LogP contribution in [0.5, 0.6) is 0 Å². The number of fused-ring (bicyclic) bond motifs is 1. The van der Waals surface area contributed by atoms with Crippen LogP contribution < -0.4 is 16.4 Å². The molecule has 0 aliphatic rings. The van der Waals surface area contributed by atoms with Crippen molar-refractivity contribution in [2.24, 2.45) is 5.73 Å². The Kier molecular flexibility index (Phi) is 17.8. The lowest BCUT2D eigenvalue weighted by Crippen LogP contribution is -2.20. The Morgan fingerprint density at radius 2 is 1.80 bits per heavy atom. The van der Waals surface area contributed by atoms with E-state index in [4.69, 9.17) is 0 Å². The quantitative estimate of drug-likeness (QED) is 0.161. The molecule has 0 atom stereocenters. The van der Waals surface area contributed by atoms with E-state index in [2.05, 4.69) is 67.6 Å². The molecule has 2 aromatic rings. The molecule has 222 valence electrons. The number of allylic oxidation sites excluding steroid dienone is 5. The fourth-order valence-electron chi connectivity index (χ4n) is 4.01. The minimum atomic E-state index is -0.255. The minimum Gasteiger partial charge on any atom is -0.384 e. The van der Waals surface area contributed by atoms with Gasteiger partial charge in [0.15, 0.2) is 0 Å². The van der Waals surface area contributed by atoms with Crippen molar-refractivity contribution in [1.29, 1.82) is 5.26 Å². The highest BCUT2D eigenvalue weighted by molar-refractivity contribution is 5.76. The van der Waals surface area contributed by atoms with Gasteiger partial charge in [-0.05, 0) is 69.2 Å². The number of hydrogen-bond donors (Lipinski definition) is 3. The van der Waals surface area contributed by atoms with Gasteiger partial charge < -0.3 is 20.8 Å². The Labute approximate surface area is 247 Å². The summed E-state index contributed by atoms with van der Waals surface area (Å²) in [6.07, 6.45) is 8.08. The van der Waals surface area contributed by atoms with Gasteiger partial charge in [-0.1, -0.05) is 72.1 Å². The van der Waals surface area contributed by atoms with E-state index in [1.54, 1.807) is 18.2 Å². The van der Waals surface area contributed by atoms with Crippen LogP contribution in [0.1, 0.15) is 72.2 Å². The van der Waals surface area contributed by atoms with Crippen molar-refractivity contribution < 1.29 is 4.39 Å². The van der Waals surface area contributed by atoms with Gasteiger partial charge in [-0.15, -0.1) is 0 Å². The van der Waals surface area contributed by atoms with Crippen LogP contribution in [0.25, 0.3) is 16.9 Å². The summed E-state index contributed by atoms with van der Waals surface area (Å²) in [6.45, 7) is 28.4. The second-order valence-corrected chi connectivity index (χ2v) is 8.86. The second-order valence-electron chi connectivity index (χ2n) is 8.86. The number of nitrogens with two attached hydrogens (primary N) is 1. The molecule has 0 bridgehead atoms. The molecule has 7 heteroatoms. The van der Waals surface area contributed by atoms with Crippen LogP contribution in [-0.2, 0) is 0 Å². The van der Waals surface area contributed by atoms with Crippen molar-refractivity contribution in [3.63, 3.8) is 0 Å². The van der Waals surface area contributed by atoms with Crippen LogP contribution in [-0.4, -0.2) is 29.5 Å². The molecule has 0 aliphatic heterocycles. The molecular weight excluding hydrogens is 511 g/mol. The fourth-order valence-corrected chi connectivity index (χ4v) is 4.01. The highest BCUT2D eigenvalue weighted by Crippen LogP contribution is 2.21. The molecule has 0 saturated heterocycles. The lowest BCUT2D eigenvalue weighted by Gasteiger charge is -2.18. The van der Waals surface area contributed by atoms with Gasteiger partial charge in [0.1, 0.15) is 17.5 Å². The van der Waals surface area contributed by atoms with Gasteiger partial charge in [-0.2, -0.15) is 5.26 Å². The zero-order chi connectivity index (χ0) is 31.5. The number of nitrogens with zero attached hydrogens (tertiary/aromatic N) is 3. The summed E-state index contributed by atoms with van der Waals surface area (Å²) >= 11 is 0. The van der Waals surface area contributed by atoms with Gasteiger partial charge in [-0.25, -0.2) is 9.37 Å². The molecule has 0 spiro atoms. The van der Waals surface area contributed by atoms with E-state index in [-0.39, 0.29) is 5.83 Å². The van der Waals surface area contributed by atoms with Gasteiger partial charge in [0.05, 0.1) is 22.7 Å². The summed E-state index contributed by atoms with van der Waals surface area (Å²) in [5, 5.41) is 16.1. The van der Waals surface area contributed by atoms with Crippen molar-refractivity contribution in [2.75, 3.05) is 20.1 Å². The average molecular weight is 561 g/mol. The third-order valence-corrected chi connectivity index (χ3v) is 6.04. The highest BCUT2D eigenvalue weighted by Gasteiger charge is 2.11. The smallest absolute Gasteiger partial charge is 0.137 e. The summed E-state index contributed by atoms with van der Waals surface area (Å²) < 4.78 is 16.3. The molecule has 0 fully saturated rings. The standard InChI is InChI=1S/C31H38FN5.C2H6.CH5N/c1-9-13-28(27(11-3)21(4)5)35-20-26(23(7)32)16-25(10-2)19-34-24(8)29-17-30(22(6)18-33)37-15-12-14-31(37)36-29;2*1-2/h10,12,14-17,34-35H,2,4,6,8-9,11,13,19-20H2,1,3,5,7H3;1-2H3;2H2,1H3/b25-16+,26-23-,28-27+;;. The minimum absolute atomic E-state index is 0.255. The largest absolute Gasteiger partial charge is 0.384 e. The molecule has 2 heterocycles. The molecule has 0 unspecified atom stereocenters. The van der Waals surface area contributed by atoms with Crippen molar-refractivity contribution >= 4 is 16.9 Å². The molecule has 0 saturated carbocycles. The first kappa shape index (κ1) is 36.8. The van der Waals surface area contributed by atoms with Crippen molar-refractivity contribution in [2.45, 2.75) is 60.8 Å². The predicted molar refractivity (Wildman–Crippen MR) is 175 cm³/mol. The van der Waals surface area contributed by atoms with Crippen LogP contribution in [0.3, 0.4) is 0 Å². The lowest BCUT2D eigenvalue weighted by molar-refractivity contribution is 0.621. The van der Waals surface area contributed by atoms with Crippen molar-refractivity contribution in [3.8, 4) is 6.07 Å². The van der Waals surface area contributed by atoms with Gasteiger partial charge in [-0.3, -0.25) is 0 Å². The first-order valence-electron chi connectivity index (χ1n) is 14.0. The van der Waals surface area contributed by atoms with Gasteiger partial charge in [0.25, 0.3) is 0 Å². The van der Waals surface area contributed by atoms with Crippen LogP contribution >= 0.6 is 0 Å². The van der Waals surface area contributed by atoms with E-state index >= 15 is 0 Å². The van der Waals surface area contributed by atoms with E-state index in [1.165, 1.54) is 19.5 Å². The molecule has 4 N–H and O–H groups in total. The zero-order valence-corrected chi connectivity index (χ0v) is 26.1. The van der Waals surface area contributed by atoms with Crippen LogP contribution in [0.4, 0.5) is 4.39 Å². The second kappa shape index (κ2) is 19.8. The molecule has 0 aliphatic carbocycles. The average Bonchev–Trinajstić information content (AvgIpc) is 3.46. The number of halogens is 1. The molecule has 0 amide bonds. The van der Waals surface area contributed by atoms with Gasteiger partial charge in [0, 0.05) is 30.6 Å². The van der Waals surface area contributed by atoms with Crippen molar-refractivity contribution in [1.82, 2.24) is 20.0 Å². The number of aromatic nitrogens is 2. The van der Waals surface area contributed by atoms with Gasteiger partial charge in [0.2, 0.25) is 0 Å². The predicted octanol–water partition coefficient (Wildman–Crippen LogP) is 8.02. The Morgan fingerprint density at radius 1 is 1.15 bits per heavy atom. The van der Waals surface area contributed by atoms with E-state index in [0.29, 0.717) is 47.0 Å². The first-order valence-corrected chi connectivity index (χ1v) is 14.0. The van der Waals surface area contributed by atoms with E-state index in [0.717, 1.165) is 36.1 Å². The maximum absolute atomic E-state index is 14.5. The lowest BCUT2D eigenvalue weighted by atomic mass is 10.0. The zero-order valence-electron chi connectivity index (χ0n) is 26.1. The van der Waals surface area contributed by atoms with Crippen LogP contribution in [0, 0.1) is 11.3 Å². The van der Waals surface area contributed by atoms with Crippen LogP contribution in [0.15, 0.2) is 96.7 Å². The third kappa shape index (κ3) is 11.1. The molecule has 2 aromatic heterocycles. The maximum atomic E-state index is 14.5. The van der Waals surface area contributed by atoms with Crippen molar-refractivity contribution in [3.05, 3.63) is 108 Å². The maximum Gasteiger partial charge on any atom is 0.137 e. The molecule has 0 aromatic carbocycles. The monoisotopic (exact) mass is 560 g/mol. The summed E-state index contributed by atoms with van der Waals surface area (Å²) in [5.74, 6) is -0.255. The molecule has 0 radical (unpaired) electrons. The highest BCUT2D eigenvalue weighted by atomic mass is 19.1. The Balaban J connectivity index is 0.00000382. The summed E-state index contributed by atoms with van der Waals surface area (Å²) in [6, 6.07) is 7.59. The Hall–Kier alpha value is -4.15. The number of nitriles is 1. The SMILES string of the molecule is C=C/C(=C\C(CN/C(CCC)=C(\CC)C(=C)C)=C(/C)F)CNC(=C)c1cc(C(=C)C#N)n2cccc2n1.CC.CN. The van der Waals surface area contributed by atoms with Gasteiger partial charge >= 0.3 is 0 Å². The number of rotatable bonds is 14. The Bertz CT molecular complexity index is 1330. The topological polar surface area (TPSA) is 91.2 Å². The Morgan fingerprint density at radius 3 is 2.32 bits per heavy atom. The molecular formula is C34H49FN6. The van der Waals surface area contributed by atoms with E-state index in [9.17, 15) is 9.65 Å². The fraction of sp³-hybridized carbons (Fsp3) is 0.353. The number of hydrogen-bond acceptors (Lipinski definition) is 5. The van der Waals surface area contributed by atoms with Crippen LogP contribution in [0.2, 0.25) is 0 Å².